The fourth-order valence-corrected chi connectivity index (χ4v) is 4.60. The second-order valence-electron chi connectivity index (χ2n) is 7.18. The van der Waals surface area contributed by atoms with Crippen LogP contribution < -0.4 is 9.46 Å². The molecule has 3 aromatic rings. The van der Waals surface area contributed by atoms with Crippen molar-refractivity contribution in [2.45, 2.75) is 4.90 Å². The van der Waals surface area contributed by atoms with Crippen molar-refractivity contribution in [2.75, 3.05) is 38.0 Å². The number of benzene rings is 2. The van der Waals surface area contributed by atoms with Gasteiger partial charge in [0, 0.05) is 43.3 Å². The number of para-hydroxylation sites is 1. The summed E-state index contributed by atoms with van der Waals surface area (Å²) in [7, 11) is -0.125. The number of carbonyl (C=O) groups is 2. The summed E-state index contributed by atoms with van der Waals surface area (Å²) in [4.78, 5) is 31.7. The van der Waals surface area contributed by atoms with E-state index in [0.717, 1.165) is 5.39 Å². The quantitative estimate of drug-likeness (QED) is 0.613. The van der Waals surface area contributed by atoms with Gasteiger partial charge in [-0.25, -0.2) is 9.00 Å². The highest BCUT2D eigenvalue weighted by atomic mass is 32.2. The molecule has 1 atom stereocenters. The number of carbonyl (C=O) groups excluding carboxylic acids is 1. The number of anilines is 1. The SMILES string of the molecule is COc1cc(C(=O)N2CCN(C(=O)O)CC2)ccc1NS(=O)c1cccc2cccnc12. The van der Waals surface area contributed by atoms with Crippen molar-refractivity contribution in [3.63, 3.8) is 0 Å². The number of nitrogens with zero attached hydrogens (tertiary/aromatic N) is 3. The van der Waals surface area contributed by atoms with E-state index in [2.05, 4.69) is 9.71 Å². The number of carboxylic acid groups (broad SMARTS) is 1. The second-order valence-corrected chi connectivity index (χ2v) is 8.36. The maximum absolute atomic E-state index is 13.0. The molecule has 4 rings (SSSR count). The van der Waals surface area contributed by atoms with Crippen molar-refractivity contribution in [3.05, 3.63) is 60.3 Å². The Bertz CT molecular complexity index is 1190. The van der Waals surface area contributed by atoms with Crippen molar-refractivity contribution in [2.24, 2.45) is 0 Å². The van der Waals surface area contributed by atoms with Gasteiger partial charge in [0.25, 0.3) is 5.91 Å². The van der Waals surface area contributed by atoms with Gasteiger partial charge in [-0.1, -0.05) is 18.2 Å². The molecule has 0 spiro atoms. The van der Waals surface area contributed by atoms with Crippen LogP contribution in [-0.4, -0.2) is 69.4 Å². The van der Waals surface area contributed by atoms with Crippen LogP contribution in [-0.2, 0) is 11.0 Å². The van der Waals surface area contributed by atoms with Gasteiger partial charge < -0.3 is 19.6 Å². The van der Waals surface area contributed by atoms with Crippen LogP contribution in [0.5, 0.6) is 5.75 Å². The Hall–Kier alpha value is -3.66. The van der Waals surface area contributed by atoms with Gasteiger partial charge in [0.05, 0.1) is 23.2 Å². The number of ether oxygens (including phenoxy) is 1. The summed E-state index contributed by atoms with van der Waals surface area (Å²) in [5.41, 5.74) is 1.53. The molecule has 10 heteroatoms. The van der Waals surface area contributed by atoms with Crippen LogP contribution >= 0.6 is 0 Å². The molecule has 2 heterocycles. The van der Waals surface area contributed by atoms with Gasteiger partial charge in [0.1, 0.15) is 5.75 Å². The molecule has 1 aromatic heterocycles. The topological polar surface area (TPSA) is 112 Å². The van der Waals surface area contributed by atoms with Crippen LogP contribution in [0.3, 0.4) is 0 Å². The van der Waals surface area contributed by atoms with Crippen molar-refractivity contribution in [1.29, 1.82) is 0 Å². The summed E-state index contributed by atoms with van der Waals surface area (Å²) in [5.74, 6) is 0.167. The molecule has 9 nitrogen and oxygen atoms in total. The number of pyridine rings is 1. The maximum atomic E-state index is 13.0. The summed E-state index contributed by atoms with van der Waals surface area (Å²) in [6.45, 7) is 1.20. The summed E-state index contributed by atoms with van der Waals surface area (Å²) in [6, 6.07) is 14.1. The Morgan fingerprint density at radius 3 is 2.50 bits per heavy atom. The Morgan fingerprint density at radius 2 is 1.78 bits per heavy atom. The molecule has 0 saturated carbocycles. The lowest BCUT2D eigenvalue weighted by atomic mass is 10.1. The van der Waals surface area contributed by atoms with Crippen molar-refractivity contribution in [3.8, 4) is 5.75 Å². The van der Waals surface area contributed by atoms with Crippen LogP contribution in [0.4, 0.5) is 10.5 Å². The van der Waals surface area contributed by atoms with Crippen LogP contribution in [0.25, 0.3) is 10.9 Å². The van der Waals surface area contributed by atoms with Crippen molar-refractivity contribution in [1.82, 2.24) is 14.8 Å². The third kappa shape index (κ3) is 4.35. The number of methoxy groups -OCH3 is 1. The number of amides is 2. The average molecular weight is 455 g/mol. The number of hydrogen-bond donors (Lipinski definition) is 2. The van der Waals surface area contributed by atoms with Crippen molar-refractivity contribution >= 4 is 39.6 Å². The van der Waals surface area contributed by atoms with E-state index in [0.29, 0.717) is 40.5 Å². The van der Waals surface area contributed by atoms with Gasteiger partial charge in [-0.15, -0.1) is 0 Å². The van der Waals surface area contributed by atoms with Crippen LogP contribution in [0.2, 0.25) is 0 Å². The molecule has 32 heavy (non-hydrogen) atoms. The van der Waals surface area contributed by atoms with Gasteiger partial charge in [0.2, 0.25) is 0 Å². The van der Waals surface area contributed by atoms with Gasteiger partial charge in [0.15, 0.2) is 11.0 Å². The minimum atomic E-state index is -1.60. The average Bonchev–Trinajstić information content (AvgIpc) is 2.83. The lowest BCUT2D eigenvalue weighted by Crippen LogP contribution is -2.50. The monoisotopic (exact) mass is 454 g/mol. The van der Waals surface area contributed by atoms with E-state index >= 15 is 0 Å². The third-order valence-electron chi connectivity index (χ3n) is 5.28. The largest absolute Gasteiger partial charge is 0.495 e. The first-order chi connectivity index (χ1) is 15.5. The molecule has 0 radical (unpaired) electrons. The molecule has 2 amide bonds. The molecule has 166 valence electrons. The predicted molar refractivity (Wildman–Crippen MR) is 120 cm³/mol. The molecule has 1 unspecified atom stereocenters. The number of nitrogens with one attached hydrogen (secondary N) is 1. The normalized spacial score (nSPS) is 14.8. The lowest BCUT2D eigenvalue weighted by molar-refractivity contribution is 0.0624. The minimum Gasteiger partial charge on any atom is -0.495 e. The highest BCUT2D eigenvalue weighted by Gasteiger charge is 2.25. The molecular weight excluding hydrogens is 432 g/mol. The standard InChI is InChI=1S/C22H22N4O5S/c1-31-18-14-16(21(27)25-10-12-26(13-11-25)22(28)29)7-8-17(18)24-32(30)19-6-2-4-15-5-3-9-23-20(15)19/h2-9,14,24H,10-13H2,1H3,(H,28,29). The fraction of sp³-hybridized carbons (Fsp3) is 0.227. The van der Waals surface area contributed by atoms with E-state index in [1.54, 1.807) is 35.4 Å². The lowest BCUT2D eigenvalue weighted by Gasteiger charge is -2.33. The van der Waals surface area contributed by atoms with Gasteiger partial charge in [-0.3, -0.25) is 14.5 Å². The highest BCUT2D eigenvalue weighted by Crippen LogP contribution is 2.29. The van der Waals surface area contributed by atoms with Gasteiger partial charge in [-0.2, -0.15) is 0 Å². The Kier molecular flexibility index (Phi) is 6.22. The van der Waals surface area contributed by atoms with Crippen molar-refractivity contribution < 1.29 is 23.6 Å². The Labute approximate surface area is 187 Å². The molecule has 1 fully saturated rings. The zero-order chi connectivity index (χ0) is 22.7. The number of hydrogen-bond acceptors (Lipinski definition) is 5. The molecule has 0 bridgehead atoms. The summed E-state index contributed by atoms with van der Waals surface area (Å²) in [5, 5.41) is 9.95. The Morgan fingerprint density at radius 1 is 1.06 bits per heavy atom. The zero-order valence-corrected chi connectivity index (χ0v) is 18.2. The third-order valence-corrected chi connectivity index (χ3v) is 6.42. The number of rotatable bonds is 5. The maximum Gasteiger partial charge on any atom is 0.407 e. The van der Waals surface area contributed by atoms with Gasteiger partial charge in [-0.05, 0) is 30.3 Å². The van der Waals surface area contributed by atoms with Gasteiger partial charge >= 0.3 is 6.09 Å². The van der Waals surface area contributed by atoms with E-state index in [1.807, 2.05) is 24.3 Å². The Balaban J connectivity index is 1.52. The molecule has 1 aliphatic heterocycles. The number of fused-ring (bicyclic) bond motifs is 1. The molecule has 1 saturated heterocycles. The molecule has 1 aliphatic rings. The van der Waals surface area contributed by atoms with E-state index < -0.39 is 17.1 Å². The van der Waals surface area contributed by atoms with E-state index in [1.165, 1.54) is 12.0 Å². The molecule has 2 N–H and O–H groups in total. The van der Waals surface area contributed by atoms with Crippen LogP contribution in [0.1, 0.15) is 10.4 Å². The summed E-state index contributed by atoms with van der Waals surface area (Å²) in [6.07, 6.45) is 0.670. The van der Waals surface area contributed by atoms with E-state index in [4.69, 9.17) is 9.84 Å². The first-order valence-corrected chi connectivity index (χ1v) is 11.1. The molecule has 0 aliphatic carbocycles. The molecular formula is C22H22N4O5S. The number of aromatic nitrogens is 1. The highest BCUT2D eigenvalue weighted by molar-refractivity contribution is 7.86. The summed E-state index contributed by atoms with van der Waals surface area (Å²) < 4.78 is 21.4. The second kappa shape index (κ2) is 9.23. The van der Waals surface area contributed by atoms with E-state index in [9.17, 15) is 13.8 Å². The minimum absolute atomic E-state index is 0.209. The van der Waals surface area contributed by atoms with Crippen LogP contribution in [0, 0.1) is 0 Å². The summed E-state index contributed by atoms with van der Waals surface area (Å²) >= 11 is 0. The van der Waals surface area contributed by atoms with Crippen LogP contribution in [0.15, 0.2) is 59.6 Å². The molecule has 2 aromatic carbocycles. The van der Waals surface area contributed by atoms with E-state index in [-0.39, 0.29) is 19.0 Å². The smallest absolute Gasteiger partial charge is 0.407 e. The fourth-order valence-electron chi connectivity index (χ4n) is 3.57. The zero-order valence-electron chi connectivity index (χ0n) is 17.4. The predicted octanol–water partition coefficient (Wildman–Crippen LogP) is 2.81. The first kappa shape index (κ1) is 21.6. The number of piperazine rings is 1. The first-order valence-electron chi connectivity index (χ1n) is 9.95.